The Labute approximate surface area is 167 Å². The summed E-state index contributed by atoms with van der Waals surface area (Å²) < 4.78 is 15.2. The molecule has 0 radical (unpaired) electrons. The predicted octanol–water partition coefficient (Wildman–Crippen LogP) is 7.02. The second kappa shape index (κ2) is 8.60. The van der Waals surface area contributed by atoms with Gasteiger partial charge >= 0.3 is 8.53 Å². The second-order valence-electron chi connectivity index (χ2n) is 6.51. The average Bonchev–Trinajstić information content (AvgIpc) is 2.75. The van der Waals surface area contributed by atoms with E-state index in [9.17, 15) is 0 Å². The van der Waals surface area contributed by atoms with Crippen LogP contribution in [-0.2, 0) is 0 Å². The highest BCUT2D eigenvalue weighted by Crippen LogP contribution is 2.46. The fourth-order valence-electron chi connectivity index (χ4n) is 3.31. The Balaban J connectivity index is 1.71. The summed E-state index contributed by atoms with van der Waals surface area (Å²) in [6, 6.07) is 28.9. The zero-order valence-corrected chi connectivity index (χ0v) is 17.1. The van der Waals surface area contributed by atoms with Gasteiger partial charge in [-0.15, -0.1) is 0 Å². The van der Waals surface area contributed by atoms with Crippen molar-refractivity contribution in [3.05, 3.63) is 84.9 Å². The number of hydrogen-bond acceptors (Lipinski definition) is 3. The molecule has 4 heteroatoms. The van der Waals surface area contributed by atoms with Crippen molar-refractivity contribution in [3.8, 4) is 11.5 Å². The number of fused-ring (bicyclic) bond motifs is 2. The lowest BCUT2D eigenvalue weighted by Gasteiger charge is -2.28. The van der Waals surface area contributed by atoms with Gasteiger partial charge in [-0.3, -0.25) is 0 Å². The van der Waals surface area contributed by atoms with Gasteiger partial charge in [0.1, 0.15) is 11.5 Å². The van der Waals surface area contributed by atoms with E-state index < -0.39 is 8.53 Å². The molecule has 0 N–H and O–H groups in total. The quantitative estimate of drug-likeness (QED) is 0.317. The van der Waals surface area contributed by atoms with E-state index in [1.165, 1.54) is 10.8 Å². The Morgan fingerprint density at radius 1 is 0.607 bits per heavy atom. The van der Waals surface area contributed by atoms with Crippen LogP contribution in [0.15, 0.2) is 84.9 Å². The summed E-state index contributed by atoms with van der Waals surface area (Å²) in [5.74, 6) is 1.72. The van der Waals surface area contributed by atoms with Gasteiger partial charge in [-0.25, -0.2) is 4.67 Å². The molecule has 0 heterocycles. The van der Waals surface area contributed by atoms with Gasteiger partial charge in [0.2, 0.25) is 0 Å². The molecule has 142 valence electrons. The van der Waals surface area contributed by atoms with Crippen molar-refractivity contribution < 1.29 is 9.05 Å². The third kappa shape index (κ3) is 3.82. The van der Waals surface area contributed by atoms with Crippen molar-refractivity contribution in [3.63, 3.8) is 0 Å². The van der Waals surface area contributed by atoms with Crippen LogP contribution in [0.25, 0.3) is 21.5 Å². The summed E-state index contributed by atoms with van der Waals surface area (Å²) in [5, 5.41) is 4.54. The smallest absolute Gasteiger partial charge is 0.384 e. The summed E-state index contributed by atoms with van der Waals surface area (Å²) in [6.07, 6.45) is 0. The molecule has 0 saturated heterocycles. The Bertz CT molecular complexity index is 986. The van der Waals surface area contributed by atoms with Crippen molar-refractivity contribution in [2.75, 3.05) is 13.1 Å². The Hall–Kier alpha value is -2.61. The van der Waals surface area contributed by atoms with Crippen LogP contribution >= 0.6 is 8.53 Å². The lowest BCUT2D eigenvalue weighted by molar-refractivity contribution is 0.374. The van der Waals surface area contributed by atoms with Crippen LogP contribution in [0.3, 0.4) is 0 Å². The molecule has 4 rings (SSSR count). The van der Waals surface area contributed by atoms with Gasteiger partial charge in [0.05, 0.1) is 0 Å². The maximum absolute atomic E-state index is 6.49. The van der Waals surface area contributed by atoms with E-state index in [1.807, 2.05) is 48.5 Å². The zero-order valence-electron chi connectivity index (χ0n) is 16.2. The fraction of sp³-hybridized carbons (Fsp3) is 0.167. The Morgan fingerprint density at radius 3 is 1.50 bits per heavy atom. The molecule has 0 saturated carbocycles. The highest BCUT2D eigenvalue weighted by molar-refractivity contribution is 7.45. The Kier molecular flexibility index (Phi) is 5.76. The minimum absolute atomic E-state index is 0.858. The van der Waals surface area contributed by atoms with E-state index in [0.717, 1.165) is 35.4 Å². The van der Waals surface area contributed by atoms with E-state index >= 15 is 0 Å². The topological polar surface area (TPSA) is 21.7 Å². The van der Waals surface area contributed by atoms with Crippen molar-refractivity contribution >= 4 is 30.1 Å². The van der Waals surface area contributed by atoms with Gasteiger partial charge in [0.25, 0.3) is 0 Å². The number of benzene rings is 4. The van der Waals surface area contributed by atoms with E-state index in [4.69, 9.17) is 9.05 Å². The first-order chi connectivity index (χ1) is 13.8. The minimum atomic E-state index is -1.29. The van der Waals surface area contributed by atoms with Crippen molar-refractivity contribution in [1.29, 1.82) is 0 Å². The fourth-order valence-corrected chi connectivity index (χ4v) is 4.69. The molecule has 3 nitrogen and oxygen atoms in total. The van der Waals surface area contributed by atoms with E-state index in [2.05, 4.69) is 54.9 Å². The van der Waals surface area contributed by atoms with Crippen LogP contribution in [0.1, 0.15) is 13.8 Å². The summed E-state index contributed by atoms with van der Waals surface area (Å²) >= 11 is 0. The van der Waals surface area contributed by atoms with Gasteiger partial charge in [-0.2, -0.15) is 0 Å². The molecule has 28 heavy (non-hydrogen) atoms. The average molecular weight is 389 g/mol. The molecule has 0 aromatic heterocycles. The van der Waals surface area contributed by atoms with E-state index in [1.54, 1.807) is 0 Å². The van der Waals surface area contributed by atoms with Gasteiger partial charge in [-0.05, 0) is 22.9 Å². The first-order valence-corrected chi connectivity index (χ1v) is 10.8. The molecular weight excluding hydrogens is 365 g/mol. The maximum Gasteiger partial charge on any atom is 0.384 e. The molecule has 0 unspecified atom stereocenters. The van der Waals surface area contributed by atoms with Crippen molar-refractivity contribution in [2.45, 2.75) is 13.8 Å². The first kappa shape index (κ1) is 18.7. The Morgan fingerprint density at radius 2 is 1.04 bits per heavy atom. The van der Waals surface area contributed by atoms with Crippen molar-refractivity contribution in [1.82, 2.24) is 4.67 Å². The van der Waals surface area contributed by atoms with Crippen LogP contribution in [0.5, 0.6) is 11.5 Å². The molecule has 0 aliphatic heterocycles. The molecule has 4 aromatic rings. The molecular formula is C24H24NO2P. The summed E-state index contributed by atoms with van der Waals surface area (Å²) in [6.45, 7) is 5.99. The van der Waals surface area contributed by atoms with Crippen LogP contribution < -0.4 is 9.05 Å². The molecule has 0 bridgehead atoms. The molecule has 0 atom stereocenters. The molecule has 0 fully saturated rings. The largest absolute Gasteiger partial charge is 0.426 e. The zero-order chi connectivity index (χ0) is 19.3. The van der Waals surface area contributed by atoms with Crippen LogP contribution in [0.2, 0.25) is 0 Å². The monoisotopic (exact) mass is 389 g/mol. The molecule has 0 aliphatic carbocycles. The standard InChI is InChI=1S/C24H24NO2P/c1-3-25(4-2)28(26-23-17-9-13-19-11-5-7-15-21(19)23)27-24-18-10-14-20-12-6-8-16-22(20)24/h5-18H,3-4H2,1-2H3. The third-order valence-electron chi connectivity index (χ3n) is 4.81. The van der Waals surface area contributed by atoms with Gasteiger partial charge in [0, 0.05) is 23.9 Å². The predicted molar refractivity (Wildman–Crippen MR) is 119 cm³/mol. The van der Waals surface area contributed by atoms with E-state index in [-0.39, 0.29) is 0 Å². The first-order valence-electron chi connectivity index (χ1n) is 9.66. The maximum atomic E-state index is 6.49. The van der Waals surface area contributed by atoms with Gasteiger partial charge < -0.3 is 9.05 Å². The highest BCUT2D eigenvalue weighted by atomic mass is 31.2. The lowest BCUT2D eigenvalue weighted by atomic mass is 10.1. The summed E-state index contributed by atoms with van der Waals surface area (Å²) in [5.41, 5.74) is 0. The summed E-state index contributed by atoms with van der Waals surface area (Å²) in [4.78, 5) is 0. The van der Waals surface area contributed by atoms with Gasteiger partial charge in [0.15, 0.2) is 0 Å². The second-order valence-corrected chi connectivity index (χ2v) is 7.92. The molecule has 4 aromatic carbocycles. The van der Waals surface area contributed by atoms with Crippen molar-refractivity contribution in [2.24, 2.45) is 0 Å². The minimum Gasteiger partial charge on any atom is -0.426 e. The highest BCUT2D eigenvalue weighted by Gasteiger charge is 2.24. The molecule has 0 amide bonds. The van der Waals surface area contributed by atoms with Gasteiger partial charge in [-0.1, -0.05) is 86.6 Å². The normalized spacial score (nSPS) is 11.4. The van der Waals surface area contributed by atoms with E-state index in [0.29, 0.717) is 0 Å². The third-order valence-corrected chi connectivity index (χ3v) is 6.55. The SMILES string of the molecule is CCN(CC)P(Oc1cccc2ccccc12)Oc1cccc2ccccc12. The lowest BCUT2D eigenvalue weighted by Crippen LogP contribution is -2.22. The number of nitrogens with zero attached hydrogens (tertiary/aromatic N) is 1. The molecule has 0 spiro atoms. The summed E-state index contributed by atoms with van der Waals surface area (Å²) in [7, 11) is -1.29. The van der Waals surface area contributed by atoms with Crippen LogP contribution in [-0.4, -0.2) is 17.8 Å². The molecule has 0 aliphatic rings. The number of hydrogen-bond donors (Lipinski definition) is 0. The van der Waals surface area contributed by atoms with Crippen LogP contribution in [0, 0.1) is 0 Å². The van der Waals surface area contributed by atoms with Crippen LogP contribution in [0.4, 0.5) is 0 Å². The number of rotatable bonds is 7.